The molecule has 3 aliphatic heterocycles. The number of nitrogens with one attached hydrogen (secondary N) is 1. The maximum absolute atomic E-state index is 12.6. The fourth-order valence-electron chi connectivity index (χ4n) is 4.09. The van der Waals surface area contributed by atoms with Crippen LogP contribution in [0.4, 0.5) is 0 Å². The third kappa shape index (κ3) is 4.23. The lowest BCUT2D eigenvalue weighted by atomic mass is 9.79. The van der Waals surface area contributed by atoms with Crippen molar-refractivity contribution in [3.8, 4) is 0 Å². The van der Waals surface area contributed by atoms with Gasteiger partial charge in [-0.2, -0.15) is 11.8 Å². The average Bonchev–Trinajstić information content (AvgIpc) is 2.54. The van der Waals surface area contributed by atoms with Crippen molar-refractivity contribution in [3.05, 3.63) is 0 Å². The molecule has 2 unspecified atom stereocenters. The maximum Gasteiger partial charge on any atom is 0.136 e. The predicted molar refractivity (Wildman–Crippen MR) is 87.8 cm³/mol. The Balaban J connectivity index is 1.47. The number of hydrogen-bond donors (Lipinski definition) is 1. The van der Waals surface area contributed by atoms with E-state index in [2.05, 4.69) is 5.32 Å². The van der Waals surface area contributed by atoms with Gasteiger partial charge in [0, 0.05) is 25.0 Å². The molecule has 0 bridgehead atoms. The Hall–Kier alpha value is -0.0600. The third-order valence-electron chi connectivity index (χ3n) is 5.50. The monoisotopic (exact) mass is 311 g/mol. The van der Waals surface area contributed by atoms with Gasteiger partial charge in [-0.15, -0.1) is 0 Å². The highest BCUT2D eigenvalue weighted by atomic mass is 32.2. The lowest BCUT2D eigenvalue weighted by molar-refractivity contribution is -0.138. The molecule has 3 rings (SSSR count). The largest absolute Gasteiger partial charge is 0.375 e. The van der Waals surface area contributed by atoms with Crippen LogP contribution >= 0.6 is 11.8 Å². The van der Waals surface area contributed by atoms with Crippen molar-refractivity contribution in [1.29, 1.82) is 0 Å². The SMILES string of the molecule is O=C(CCC1CCCCN1)C1CCOC2(CCSCC2)C1. The Labute approximate surface area is 133 Å². The van der Waals surface area contributed by atoms with Crippen LogP contribution in [0.1, 0.15) is 57.8 Å². The summed E-state index contributed by atoms with van der Waals surface area (Å²) in [6, 6.07) is 0.586. The summed E-state index contributed by atoms with van der Waals surface area (Å²) in [5.41, 5.74) is 0.0485. The van der Waals surface area contributed by atoms with Gasteiger partial charge in [0.25, 0.3) is 0 Å². The molecule has 1 N–H and O–H groups in total. The molecular formula is C17H29NO2S. The molecule has 120 valence electrons. The van der Waals surface area contributed by atoms with Crippen molar-refractivity contribution in [2.45, 2.75) is 69.4 Å². The molecule has 0 aliphatic carbocycles. The van der Waals surface area contributed by atoms with Crippen LogP contribution in [0.25, 0.3) is 0 Å². The smallest absolute Gasteiger partial charge is 0.136 e. The zero-order valence-electron chi connectivity index (χ0n) is 13.1. The second-order valence-corrected chi connectivity index (χ2v) is 8.21. The van der Waals surface area contributed by atoms with Gasteiger partial charge in [0.1, 0.15) is 5.78 Å². The fraction of sp³-hybridized carbons (Fsp3) is 0.941. The number of ether oxygens (including phenoxy) is 1. The number of carbonyl (C=O) groups excluding carboxylic acids is 1. The van der Waals surface area contributed by atoms with E-state index in [1.165, 1.54) is 30.8 Å². The lowest BCUT2D eigenvalue weighted by Gasteiger charge is -2.43. The molecule has 0 aromatic rings. The van der Waals surface area contributed by atoms with Crippen LogP contribution < -0.4 is 5.32 Å². The molecule has 4 heteroatoms. The summed E-state index contributed by atoms with van der Waals surface area (Å²) >= 11 is 2.03. The molecule has 3 aliphatic rings. The molecule has 21 heavy (non-hydrogen) atoms. The number of ketones is 1. The van der Waals surface area contributed by atoms with Crippen LogP contribution in [0.5, 0.6) is 0 Å². The number of hydrogen-bond acceptors (Lipinski definition) is 4. The Bertz CT molecular complexity index is 343. The van der Waals surface area contributed by atoms with Gasteiger partial charge >= 0.3 is 0 Å². The highest BCUT2D eigenvalue weighted by Gasteiger charge is 2.40. The number of piperidine rings is 1. The minimum absolute atomic E-state index is 0.0485. The first-order chi connectivity index (χ1) is 10.3. The Kier molecular flexibility index (Phi) is 5.63. The minimum atomic E-state index is 0.0485. The first-order valence-electron chi connectivity index (χ1n) is 8.75. The van der Waals surface area contributed by atoms with Crippen LogP contribution in [-0.4, -0.2) is 42.1 Å². The van der Waals surface area contributed by atoms with Gasteiger partial charge < -0.3 is 10.1 Å². The summed E-state index contributed by atoms with van der Waals surface area (Å²) in [5.74, 6) is 3.17. The van der Waals surface area contributed by atoms with Crippen LogP contribution in [0, 0.1) is 5.92 Å². The molecule has 3 heterocycles. The first-order valence-corrected chi connectivity index (χ1v) is 9.91. The number of Topliss-reactive ketones (excluding diaryl/α,β-unsaturated/α-hetero) is 1. The number of carbonyl (C=O) groups is 1. The van der Waals surface area contributed by atoms with Gasteiger partial charge in [-0.1, -0.05) is 6.42 Å². The summed E-state index contributed by atoms with van der Waals surface area (Å²) in [6.07, 6.45) is 9.91. The zero-order chi connectivity index (χ0) is 14.5. The summed E-state index contributed by atoms with van der Waals surface area (Å²) in [5, 5.41) is 3.55. The molecule has 0 radical (unpaired) electrons. The number of thioether (sulfide) groups is 1. The van der Waals surface area contributed by atoms with Gasteiger partial charge in [0.2, 0.25) is 0 Å². The quantitative estimate of drug-likeness (QED) is 0.865. The Morgan fingerprint density at radius 1 is 1.24 bits per heavy atom. The van der Waals surface area contributed by atoms with E-state index in [0.717, 1.165) is 51.7 Å². The van der Waals surface area contributed by atoms with Crippen LogP contribution in [0.2, 0.25) is 0 Å². The van der Waals surface area contributed by atoms with Gasteiger partial charge in [0.05, 0.1) is 5.60 Å². The van der Waals surface area contributed by atoms with E-state index in [4.69, 9.17) is 4.74 Å². The molecule has 0 amide bonds. The Morgan fingerprint density at radius 2 is 2.10 bits per heavy atom. The summed E-state index contributed by atoms with van der Waals surface area (Å²) in [6.45, 7) is 1.93. The van der Waals surface area contributed by atoms with Gasteiger partial charge in [-0.3, -0.25) is 4.79 Å². The van der Waals surface area contributed by atoms with Crippen molar-refractivity contribution in [1.82, 2.24) is 5.32 Å². The standard InChI is InChI=1S/C17H29NO2S/c19-16(5-4-15-3-1-2-9-18-15)14-6-10-20-17(13-14)7-11-21-12-8-17/h14-15,18H,1-13H2. The molecule has 0 aromatic carbocycles. The van der Waals surface area contributed by atoms with Crippen molar-refractivity contribution in [2.24, 2.45) is 5.92 Å². The van der Waals surface area contributed by atoms with E-state index in [-0.39, 0.29) is 11.5 Å². The lowest BCUT2D eigenvalue weighted by Crippen LogP contribution is -2.44. The van der Waals surface area contributed by atoms with E-state index >= 15 is 0 Å². The van der Waals surface area contributed by atoms with E-state index in [0.29, 0.717) is 11.8 Å². The normalized spacial score (nSPS) is 33.0. The van der Waals surface area contributed by atoms with Crippen LogP contribution in [0.3, 0.4) is 0 Å². The second kappa shape index (κ2) is 7.47. The molecule has 3 nitrogen and oxygen atoms in total. The van der Waals surface area contributed by atoms with Crippen molar-refractivity contribution < 1.29 is 9.53 Å². The highest BCUT2D eigenvalue weighted by molar-refractivity contribution is 7.99. The average molecular weight is 311 g/mol. The van der Waals surface area contributed by atoms with Crippen LogP contribution in [0.15, 0.2) is 0 Å². The summed E-state index contributed by atoms with van der Waals surface area (Å²) in [4.78, 5) is 12.6. The van der Waals surface area contributed by atoms with Crippen molar-refractivity contribution >= 4 is 17.5 Å². The van der Waals surface area contributed by atoms with E-state index < -0.39 is 0 Å². The van der Waals surface area contributed by atoms with Crippen LogP contribution in [-0.2, 0) is 9.53 Å². The van der Waals surface area contributed by atoms with E-state index in [9.17, 15) is 4.79 Å². The molecule has 3 saturated heterocycles. The predicted octanol–water partition coefficient (Wildman–Crippen LogP) is 3.17. The summed E-state index contributed by atoms with van der Waals surface area (Å²) in [7, 11) is 0. The molecule has 1 spiro atoms. The topological polar surface area (TPSA) is 38.3 Å². The second-order valence-electron chi connectivity index (χ2n) is 6.99. The molecule has 0 aromatic heterocycles. The first kappa shape index (κ1) is 15.8. The fourth-order valence-corrected chi connectivity index (χ4v) is 5.32. The maximum atomic E-state index is 12.6. The van der Waals surface area contributed by atoms with Crippen molar-refractivity contribution in [2.75, 3.05) is 24.7 Å². The van der Waals surface area contributed by atoms with E-state index in [1.54, 1.807) is 0 Å². The van der Waals surface area contributed by atoms with E-state index in [1.807, 2.05) is 11.8 Å². The van der Waals surface area contributed by atoms with Gasteiger partial charge in [0.15, 0.2) is 0 Å². The summed E-state index contributed by atoms with van der Waals surface area (Å²) < 4.78 is 6.10. The molecular weight excluding hydrogens is 282 g/mol. The van der Waals surface area contributed by atoms with Gasteiger partial charge in [-0.25, -0.2) is 0 Å². The van der Waals surface area contributed by atoms with Gasteiger partial charge in [-0.05, 0) is 63.0 Å². The Morgan fingerprint density at radius 3 is 2.86 bits per heavy atom. The molecule has 2 atom stereocenters. The molecule has 3 fully saturated rings. The highest BCUT2D eigenvalue weighted by Crippen LogP contribution is 2.40. The zero-order valence-corrected chi connectivity index (χ0v) is 13.9. The van der Waals surface area contributed by atoms with Crippen molar-refractivity contribution in [3.63, 3.8) is 0 Å². The number of rotatable bonds is 4. The molecule has 0 saturated carbocycles. The third-order valence-corrected chi connectivity index (χ3v) is 6.49. The minimum Gasteiger partial charge on any atom is -0.375 e.